The summed E-state index contributed by atoms with van der Waals surface area (Å²) in [5, 5.41) is 3.47. The standard InChI is InChI=1S/C17H27NO2/c1-13(2)18-11-16-10-14(3)4-5-17(16)20-12-15-6-8-19-9-7-15/h4-5,10,13,15,18H,6-9,11-12H2,1-3H3. The van der Waals surface area contributed by atoms with Crippen molar-refractivity contribution in [2.45, 2.75) is 46.2 Å². The van der Waals surface area contributed by atoms with Crippen molar-refractivity contribution in [3.05, 3.63) is 29.3 Å². The van der Waals surface area contributed by atoms with Crippen molar-refractivity contribution in [2.75, 3.05) is 19.8 Å². The summed E-state index contributed by atoms with van der Waals surface area (Å²) in [5.41, 5.74) is 2.54. The van der Waals surface area contributed by atoms with Gasteiger partial charge in [-0.1, -0.05) is 31.5 Å². The minimum atomic E-state index is 0.485. The summed E-state index contributed by atoms with van der Waals surface area (Å²) < 4.78 is 11.5. The molecule has 0 atom stereocenters. The number of aryl methyl sites for hydroxylation is 1. The fourth-order valence-corrected chi connectivity index (χ4v) is 2.42. The first-order chi connectivity index (χ1) is 9.65. The number of ether oxygens (including phenoxy) is 2. The number of rotatable bonds is 6. The number of hydrogen-bond acceptors (Lipinski definition) is 3. The molecular formula is C17H27NO2. The largest absolute Gasteiger partial charge is 0.493 e. The van der Waals surface area contributed by atoms with Crippen LogP contribution < -0.4 is 10.1 Å². The van der Waals surface area contributed by atoms with Crippen LogP contribution in [0.15, 0.2) is 18.2 Å². The fourth-order valence-electron chi connectivity index (χ4n) is 2.42. The van der Waals surface area contributed by atoms with Crippen LogP contribution in [0.5, 0.6) is 5.75 Å². The first-order valence-electron chi connectivity index (χ1n) is 7.68. The van der Waals surface area contributed by atoms with E-state index in [1.54, 1.807) is 0 Å². The third kappa shape index (κ3) is 4.80. The van der Waals surface area contributed by atoms with Gasteiger partial charge < -0.3 is 14.8 Å². The van der Waals surface area contributed by atoms with E-state index in [9.17, 15) is 0 Å². The Morgan fingerprint density at radius 1 is 1.30 bits per heavy atom. The molecule has 0 unspecified atom stereocenters. The van der Waals surface area contributed by atoms with Gasteiger partial charge in [0, 0.05) is 31.4 Å². The van der Waals surface area contributed by atoms with Crippen LogP contribution in [0.1, 0.15) is 37.8 Å². The van der Waals surface area contributed by atoms with Crippen LogP contribution in [-0.2, 0) is 11.3 Å². The molecule has 1 aromatic carbocycles. The average Bonchev–Trinajstić information content (AvgIpc) is 2.45. The summed E-state index contributed by atoms with van der Waals surface area (Å²) in [6.07, 6.45) is 2.23. The maximum atomic E-state index is 6.07. The van der Waals surface area contributed by atoms with Gasteiger partial charge in [0.15, 0.2) is 0 Å². The molecule has 0 bridgehead atoms. The molecule has 3 nitrogen and oxygen atoms in total. The topological polar surface area (TPSA) is 30.5 Å². The molecule has 0 saturated carbocycles. The molecule has 0 amide bonds. The molecule has 1 aliphatic rings. The van der Waals surface area contributed by atoms with Gasteiger partial charge in [0.1, 0.15) is 5.75 Å². The van der Waals surface area contributed by atoms with Gasteiger partial charge in [-0.05, 0) is 31.7 Å². The highest BCUT2D eigenvalue weighted by Gasteiger charge is 2.15. The molecule has 1 aromatic rings. The Labute approximate surface area is 122 Å². The molecule has 1 saturated heterocycles. The first-order valence-corrected chi connectivity index (χ1v) is 7.68. The predicted octanol–water partition coefficient (Wildman–Crippen LogP) is 3.30. The summed E-state index contributed by atoms with van der Waals surface area (Å²) in [7, 11) is 0. The van der Waals surface area contributed by atoms with Crippen LogP contribution in [0.4, 0.5) is 0 Å². The third-order valence-corrected chi connectivity index (χ3v) is 3.73. The smallest absolute Gasteiger partial charge is 0.123 e. The lowest BCUT2D eigenvalue weighted by atomic mass is 10.0. The molecule has 1 fully saturated rings. The lowest BCUT2D eigenvalue weighted by Crippen LogP contribution is -2.24. The van der Waals surface area contributed by atoms with Crippen LogP contribution in [-0.4, -0.2) is 25.9 Å². The molecule has 0 spiro atoms. The molecule has 1 heterocycles. The maximum Gasteiger partial charge on any atom is 0.123 e. The molecule has 3 heteroatoms. The zero-order valence-corrected chi connectivity index (χ0v) is 12.9. The van der Waals surface area contributed by atoms with Gasteiger partial charge in [-0.15, -0.1) is 0 Å². The Morgan fingerprint density at radius 3 is 2.75 bits per heavy atom. The second kappa shape index (κ2) is 7.65. The molecule has 0 aromatic heterocycles. The van der Waals surface area contributed by atoms with Crippen molar-refractivity contribution in [3.8, 4) is 5.75 Å². The van der Waals surface area contributed by atoms with Crippen molar-refractivity contribution >= 4 is 0 Å². The average molecular weight is 277 g/mol. The van der Waals surface area contributed by atoms with E-state index in [0.29, 0.717) is 12.0 Å². The van der Waals surface area contributed by atoms with Crippen LogP contribution in [0, 0.1) is 12.8 Å². The van der Waals surface area contributed by atoms with Gasteiger partial charge in [0.05, 0.1) is 6.61 Å². The maximum absolute atomic E-state index is 6.07. The van der Waals surface area contributed by atoms with Crippen LogP contribution in [0.2, 0.25) is 0 Å². The molecule has 112 valence electrons. The minimum Gasteiger partial charge on any atom is -0.493 e. The van der Waals surface area contributed by atoms with Crippen LogP contribution in [0.3, 0.4) is 0 Å². The van der Waals surface area contributed by atoms with Gasteiger partial charge in [-0.3, -0.25) is 0 Å². The summed E-state index contributed by atoms with van der Waals surface area (Å²) >= 11 is 0. The van der Waals surface area contributed by atoms with Crippen molar-refractivity contribution in [2.24, 2.45) is 5.92 Å². The van der Waals surface area contributed by atoms with Crippen molar-refractivity contribution < 1.29 is 9.47 Å². The van der Waals surface area contributed by atoms with E-state index in [2.05, 4.69) is 44.3 Å². The van der Waals surface area contributed by atoms with E-state index in [1.165, 1.54) is 11.1 Å². The highest BCUT2D eigenvalue weighted by atomic mass is 16.5. The monoisotopic (exact) mass is 277 g/mol. The fraction of sp³-hybridized carbons (Fsp3) is 0.647. The zero-order chi connectivity index (χ0) is 14.4. The normalized spacial score (nSPS) is 16.6. The summed E-state index contributed by atoms with van der Waals surface area (Å²) in [4.78, 5) is 0. The Balaban J connectivity index is 1.94. The van der Waals surface area contributed by atoms with Gasteiger partial charge in [0.2, 0.25) is 0 Å². The van der Waals surface area contributed by atoms with Crippen molar-refractivity contribution in [1.29, 1.82) is 0 Å². The Kier molecular flexibility index (Phi) is 5.86. The summed E-state index contributed by atoms with van der Waals surface area (Å²) in [5.74, 6) is 1.66. The Morgan fingerprint density at radius 2 is 2.05 bits per heavy atom. The molecule has 1 N–H and O–H groups in total. The molecule has 20 heavy (non-hydrogen) atoms. The molecule has 2 rings (SSSR count). The highest BCUT2D eigenvalue weighted by molar-refractivity contribution is 5.36. The van der Waals surface area contributed by atoms with Crippen molar-refractivity contribution in [1.82, 2.24) is 5.32 Å². The van der Waals surface area contributed by atoms with Gasteiger partial charge in [-0.25, -0.2) is 0 Å². The SMILES string of the molecule is Cc1ccc(OCC2CCOCC2)c(CNC(C)C)c1. The number of nitrogens with one attached hydrogen (secondary N) is 1. The van der Waals surface area contributed by atoms with E-state index < -0.39 is 0 Å². The molecule has 0 radical (unpaired) electrons. The number of benzene rings is 1. The summed E-state index contributed by atoms with van der Waals surface area (Å²) in [6, 6.07) is 6.93. The van der Waals surface area contributed by atoms with Gasteiger partial charge >= 0.3 is 0 Å². The predicted molar refractivity (Wildman–Crippen MR) is 82.2 cm³/mol. The molecule has 1 aliphatic heterocycles. The Bertz CT molecular complexity index is 411. The lowest BCUT2D eigenvalue weighted by molar-refractivity contribution is 0.0496. The highest BCUT2D eigenvalue weighted by Crippen LogP contribution is 2.23. The summed E-state index contributed by atoms with van der Waals surface area (Å²) in [6.45, 7) is 9.88. The van der Waals surface area contributed by atoms with E-state index in [-0.39, 0.29) is 0 Å². The zero-order valence-electron chi connectivity index (χ0n) is 12.9. The lowest BCUT2D eigenvalue weighted by Gasteiger charge is -2.23. The minimum absolute atomic E-state index is 0.485. The third-order valence-electron chi connectivity index (χ3n) is 3.73. The van der Waals surface area contributed by atoms with Gasteiger partial charge in [-0.2, -0.15) is 0 Å². The molecular weight excluding hydrogens is 250 g/mol. The van der Waals surface area contributed by atoms with E-state index >= 15 is 0 Å². The Hall–Kier alpha value is -1.06. The molecule has 0 aliphatic carbocycles. The van der Waals surface area contributed by atoms with E-state index in [1.807, 2.05) is 0 Å². The van der Waals surface area contributed by atoms with Gasteiger partial charge in [0.25, 0.3) is 0 Å². The first kappa shape index (κ1) is 15.3. The van der Waals surface area contributed by atoms with Crippen LogP contribution >= 0.6 is 0 Å². The quantitative estimate of drug-likeness (QED) is 0.865. The second-order valence-electron chi connectivity index (χ2n) is 6.01. The van der Waals surface area contributed by atoms with Crippen molar-refractivity contribution in [3.63, 3.8) is 0 Å². The van der Waals surface area contributed by atoms with E-state index in [4.69, 9.17) is 9.47 Å². The number of hydrogen-bond donors (Lipinski definition) is 1. The second-order valence-corrected chi connectivity index (χ2v) is 6.01. The van der Waals surface area contributed by atoms with E-state index in [0.717, 1.165) is 45.0 Å². The van der Waals surface area contributed by atoms with Crippen LogP contribution in [0.25, 0.3) is 0 Å².